The molecule has 0 aliphatic heterocycles. The highest BCUT2D eigenvalue weighted by atomic mass is 32.2. The maximum atomic E-state index is 11.4. The van der Waals surface area contributed by atoms with Gasteiger partial charge in [0.25, 0.3) is 0 Å². The van der Waals surface area contributed by atoms with Crippen LogP contribution in [0, 0.1) is 0 Å². The standard InChI is InChI=1S/C12H15NO2S2/c1-2-15-11(14)10-8-16-12(13-10)17-9-6-4-3-5-7-9/h4,6,8-9H,2-3,5,7H2,1H3. The number of thiazole rings is 1. The molecule has 0 N–H and O–H groups in total. The number of rotatable bonds is 4. The van der Waals surface area contributed by atoms with Crippen molar-refractivity contribution in [2.75, 3.05) is 6.61 Å². The Morgan fingerprint density at radius 3 is 3.29 bits per heavy atom. The van der Waals surface area contributed by atoms with Gasteiger partial charge in [0.15, 0.2) is 10.0 Å². The minimum Gasteiger partial charge on any atom is -0.461 e. The number of hydrogen-bond donors (Lipinski definition) is 0. The Balaban J connectivity index is 1.95. The summed E-state index contributed by atoms with van der Waals surface area (Å²) in [5.74, 6) is -0.324. The molecule has 0 amide bonds. The fourth-order valence-corrected chi connectivity index (χ4v) is 3.75. The van der Waals surface area contributed by atoms with Crippen molar-refractivity contribution < 1.29 is 9.53 Å². The molecular formula is C12H15NO2S2. The SMILES string of the molecule is CCOC(=O)c1csc(SC2C=CCCC2)n1. The Bertz CT molecular complexity index is 414. The molecule has 1 atom stereocenters. The molecule has 5 heteroatoms. The molecule has 0 radical (unpaired) electrons. The van der Waals surface area contributed by atoms with Crippen LogP contribution < -0.4 is 0 Å². The number of carbonyl (C=O) groups is 1. The highest BCUT2D eigenvalue weighted by Gasteiger charge is 2.15. The van der Waals surface area contributed by atoms with Gasteiger partial charge in [0.2, 0.25) is 0 Å². The van der Waals surface area contributed by atoms with Gasteiger partial charge in [0.1, 0.15) is 0 Å². The average molecular weight is 269 g/mol. The second-order valence-electron chi connectivity index (χ2n) is 3.73. The van der Waals surface area contributed by atoms with E-state index in [1.807, 2.05) is 0 Å². The molecule has 0 aromatic carbocycles. The summed E-state index contributed by atoms with van der Waals surface area (Å²) in [7, 11) is 0. The number of hydrogen-bond acceptors (Lipinski definition) is 5. The number of ether oxygens (including phenoxy) is 1. The predicted molar refractivity (Wildman–Crippen MR) is 70.7 cm³/mol. The Morgan fingerprint density at radius 2 is 2.59 bits per heavy atom. The van der Waals surface area contributed by atoms with Crippen molar-refractivity contribution in [2.24, 2.45) is 0 Å². The summed E-state index contributed by atoms with van der Waals surface area (Å²) in [6.07, 6.45) is 8.07. The van der Waals surface area contributed by atoms with Gasteiger partial charge in [-0.05, 0) is 26.2 Å². The Labute approximate surface area is 109 Å². The normalized spacial score (nSPS) is 19.2. The van der Waals surface area contributed by atoms with Crippen LogP contribution in [0.2, 0.25) is 0 Å². The lowest BCUT2D eigenvalue weighted by Gasteiger charge is -2.13. The van der Waals surface area contributed by atoms with Crippen LogP contribution in [0.15, 0.2) is 21.9 Å². The van der Waals surface area contributed by atoms with E-state index >= 15 is 0 Å². The highest BCUT2D eigenvalue weighted by Crippen LogP contribution is 2.32. The summed E-state index contributed by atoms with van der Waals surface area (Å²) in [5, 5.41) is 2.28. The first kappa shape index (κ1) is 12.6. The van der Waals surface area contributed by atoms with Gasteiger partial charge in [-0.3, -0.25) is 0 Å². The van der Waals surface area contributed by atoms with Crippen LogP contribution in [0.3, 0.4) is 0 Å². The zero-order valence-corrected chi connectivity index (χ0v) is 11.4. The van der Waals surface area contributed by atoms with E-state index < -0.39 is 0 Å². The molecule has 1 aromatic rings. The van der Waals surface area contributed by atoms with Crippen LogP contribution in [-0.2, 0) is 4.74 Å². The van der Waals surface area contributed by atoms with Crippen LogP contribution in [0.1, 0.15) is 36.7 Å². The lowest BCUT2D eigenvalue weighted by molar-refractivity contribution is 0.0520. The van der Waals surface area contributed by atoms with Crippen LogP contribution in [0.25, 0.3) is 0 Å². The van der Waals surface area contributed by atoms with Gasteiger partial charge < -0.3 is 4.74 Å². The minimum absolute atomic E-state index is 0.324. The molecular weight excluding hydrogens is 254 g/mol. The zero-order chi connectivity index (χ0) is 12.1. The summed E-state index contributed by atoms with van der Waals surface area (Å²) in [6, 6.07) is 0. The fourth-order valence-electron chi connectivity index (χ4n) is 1.62. The first-order valence-corrected chi connectivity index (χ1v) is 7.51. The minimum atomic E-state index is -0.324. The topological polar surface area (TPSA) is 39.2 Å². The molecule has 92 valence electrons. The van der Waals surface area contributed by atoms with Crippen molar-refractivity contribution >= 4 is 29.1 Å². The first-order valence-electron chi connectivity index (χ1n) is 5.75. The molecule has 0 saturated carbocycles. The van der Waals surface area contributed by atoms with Crippen molar-refractivity contribution in [2.45, 2.75) is 35.8 Å². The van der Waals surface area contributed by atoms with Gasteiger partial charge in [-0.25, -0.2) is 9.78 Å². The summed E-state index contributed by atoms with van der Waals surface area (Å²) in [5.41, 5.74) is 0.430. The summed E-state index contributed by atoms with van der Waals surface area (Å²) in [6.45, 7) is 2.19. The van der Waals surface area contributed by atoms with Crippen molar-refractivity contribution in [1.29, 1.82) is 0 Å². The quantitative estimate of drug-likeness (QED) is 0.619. The number of thioether (sulfide) groups is 1. The van der Waals surface area contributed by atoms with Gasteiger partial charge in [0.05, 0.1) is 6.61 Å². The molecule has 17 heavy (non-hydrogen) atoms. The summed E-state index contributed by atoms with van der Waals surface area (Å²) in [4.78, 5) is 15.7. The summed E-state index contributed by atoms with van der Waals surface area (Å²) >= 11 is 3.25. The maximum absolute atomic E-state index is 11.4. The van der Waals surface area contributed by atoms with E-state index in [1.165, 1.54) is 30.6 Å². The molecule has 0 fully saturated rings. The van der Waals surface area contributed by atoms with Crippen LogP contribution >= 0.6 is 23.1 Å². The zero-order valence-electron chi connectivity index (χ0n) is 9.72. The second-order valence-corrected chi connectivity index (χ2v) is 6.08. The third-order valence-corrected chi connectivity index (χ3v) is 4.63. The van der Waals surface area contributed by atoms with E-state index in [0.29, 0.717) is 17.6 Å². The lowest BCUT2D eigenvalue weighted by Crippen LogP contribution is -2.05. The van der Waals surface area contributed by atoms with Crippen molar-refractivity contribution in [3.63, 3.8) is 0 Å². The predicted octanol–water partition coefficient (Wildman–Crippen LogP) is 3.52. The molecule has 0 bridgehead atoms. The molecule has 1 aromatic heterocycles. The number of allylic oxidation sites excluding steroid dienone is 1. The number of esters is 1. The molecule has 0 spiro atoms. The van der Waals surface area contributed by atoms with Gasteiger partial charge in [-0.15, -0.1) is 11.3 Å². The smallest absolute Gasteiger partial charge is 0.357 e. The van der Waals surface area contributed by atoms with E-state index in [1.54, 1.807) is 24.1 Å². The molecule has 0 saturated heterocycles. The molecule has 2 rings (SSSR count). The third kappa shape index (κ3) is 3.57. The number of carbonyl (C=O) groups excluding carboxylic acids is 1. The molecule has 1 heterocycles. The van der Waals surface area contributed by atoms with Gasteiger partial charge in [0, 0.05) is 10.6 Å². The fraction of sp³-hybridized carbons (Fsp3) is 0.500. The second kappa shape index (κ2) is 6.21. The monoisotopic (exact) mass is 269 g/mol. The number of aromatic nitrogens is 1. The van der Waals surface area contributed by atoms with Crippen LogP contribution in [0.5, 0.6) is 0 Å². The van der Waals surface area contributed by atoms with Crippen molar-refractivity contribution in [3.05, 3.63) is 23.2 Å². The largest absolute Gasteiger partial charge is 0.461 e. The van der Waals surface area contributed by atoms with E-state index in [0.717, 1.165) is 4.34 Å². The van der Waals surface area contributed by atoms with E-state index in [2.05, 4.69) is 17.1 Å². The third-order valence-electron chi connectivity index (χ3n) is 2.43. The summed E-state index contributed by atoms with van der Waals surface area (Å²) < 4.78 is 5.86. The number of nitrogens with zero attached hydrogens (tertiary/aromatic N) is 1. The van der Waals surface area contributed by atoms with E-state index in [9.17, 15) is 4.79 Å². The highest BCUT2D eigenvalue weighted by molar-refractivity contribution is 8.01. The molecule has 1 aliphatic rings. The Morgan fingerprint density at radius 1 is 1.71 bits per heavy atom. The molecule has 1 aliphatic carbocycles. The van der Waals surface area contributed by atoms with Crippen molar-refractivity contribution in [1.82, 2.24) is 4.98 Å². The molecule has 3 nitrogen and oxygen atoms in total. The maximum Gasteiger partial charge on any atom is 0.357 e. The van der Waals surface area contributed by atoms with Crippen LogP contribution in [-0.4, -0.2) is 22.8 Å². The lowest BCUT2D eigenvalue weighted by atomic mass is 10.1. The van der Waals surface area contributed by atoms with Gasteiger partial charge in [-0.2, -0.15) is 0 Å². The molecule has 1 unspecified atom stereocenters. The van der Waals surface area contributed by atoms with E-state index in [4.69, 9.17) is 4.74 Å². The van der Waals surface area contributed by atoms with Gasteiger partial charge >= 0.3 is 5.97 Å². The van der Waals surface area contributed by atoms with Gasteiger partial charge in [-0.1, -0.05) is 23.9 Å². The Hall–Kier alpha value is -0.810. The van der Waals surface area contributed by atoms with Crippen molar-refractivity contribution in [3.8, 4) is 0 Å². The first-order chi connectivity index (χ1) is 8.29. The Kier molecular flexibility index (Phi) is 4.62. The average Bonchev–Trinajstić information content (AvgIpc) is 2.79. The van der Waals surface area contributed by atoms with E-state index in [-0.39, 0.29) is 5.97 Å². The van der Waals surface area contributed by atoms with Crippen LogP contribution in [0.4, 0.5) is 0 Å².